The molecule has 2 unspecified atom stereocenters. The number of hydrogen-bond acceptors (Lipinski definition) is 2. The van der Waals surface area contributed by atoms with E-state index in [1.165, 1.54) is 12.8 Å². The summed E-state index contributed by atoms with van der Waals surface area (Å²) in [6, 6.07) is 0. The molecule has 0 radical (unpaired) electrons. The van der Waals surface area contributed by atoms with Gasteiger partial charge in [0.05, 0.1) is 0 Å². The molecule has 0 rings (SSSR count). The molecule has 0 saturated heterocycles. The Balaban J connectivity index is 3.75. The largest absolute Gasteiger partial charge is 0.500 e. The van der Waals surface area contributed by atoms with Crippen molar-refractivity contribution in [1.29, 1.82) is 0 Å². The fourth-order valence-corrected chi connectivity index (χ4v) is 1.49. The van der Waals surface area contributed by atoms with Gasteiger partial charge in [-0.1, -0.05) is 39.5 Å². The summed E-state index contributed by atoms with van der Waals surface area (Å²) in [6.45, 7) is 4.26. The summed E-state index contributed by atoms with van der Waals surface area (Å²) in [5.74, 6) is 0.486. The zero-order valence-corrected chi connectivity index (χ0v) is 9.31. The van der Waals surface area contributed by atoms with Crippen LogP contribution in [0.3, 0.4) is 0 Å². The minimum atomic E-state index is -0.809. The van der Waals surface area contributed by atoms with Crippen LogP contribution in [0.1, 0.15) is 46.0 Å². The highest BCUT2D eigenvalue weighted by molar-refractivity contribution is 7.80. The summed E-state index contributed by atoms with van der Waals surface area (Å²) in [5.41, 5.74) is 0. The Bertz CT molecular complexity index is 148. The van der Waals surface area contributed by atoms with E-state index in [1.54, 1.807) is 0 Å². The molecule has 0 aliphatic carbocycles. The van der Waals surface area contributed by atoms with E-state index in [2.05, 4.69) is 26.1 Å². The third-order valence-electron chi connectivity index (χ3n) is 2.38. The molecular weight excluding hydrogens is 184 g/mol. The lowest BCUT2D eigenvalue weighted by atomic mass is 9.93. The molecule has 3 heteroatoms. The SMILES string of the molecule is CCCCC(CC)CC(O)C(O)=S. The first-order chi connectivity index (χ1) is 6.11. The van der Waals surface area contributed by atoms with Crippen LogP contribution in [0.4, 0.5) is 0 Å². The highest BCUT2D eigenvalue weighted by Gasteiger charge is 2.15. The quantitative estimate of drug-likeness (QED) is 0.626. The van der Waals surface area contributed by atoms with Crippen LogP contribution in [0.15, 0.2) is 0 Å². The van der Waals surface area contributed by atoms with E-state index in [4.69, 9.17) is 5.11 Å². The van der Waals surface area contributed by atoms with Crippen LogP contribution < -0.4 is 0 Å². The molecule has 2 nitrogen and oxygen atoms in total. The fourth-order valence-electron chi connectivity index (χ4n) is 1.40. The Morgan fingerprint density at radius 3 is 2.38 bits per heavy atom. The predicted octanol–water partition coefficient (Wildman–Crippen LogP) is 2.84. The molecule has 0 aromatic heterocycles. The highest BCUT2D eigenvalue weighted by atomic mass is 32.1. The van der Waals surface area contributed by atoms with Crippen molar-refractivity contribution >= 4 is 17.3 Å². The van der Waals surface area contributed by atoms with Gasteiger partial charge in [-0.2, -0.15) is 0 Å². The third kappa shape index (κ3) is 5.99. The van der Waals surface area contributed by atoms with E-state index in [-0.39, 0.29) is 5.05 Å². The van der Waals surface area contributed by atoms with Gasteiger partial charge in [-0.15, -0.1) is 0 Å². The Hall–Kier alpha value is -0.150. The number of thiocarbonyl (C=S) groups is 1. The van der Waals surface area contributed by atoms with Crippen molar-refractivity contribution in [2.45, 2.75) is 52.1 Å². The topological polar surface area (TPSA) is 40.5 Å². The van der Waals surface area contributed by atoms with Crippen LogP contribution in [0.25, 0.3) is 0 Å². The molecule has 0 aromatic rings. The van der Waals surface area contributed by atoms with E-state index < -0.39 is 6.10 Å². The number of aliphatic hydroxyl groups is 2. The maximum absolute atomic E-state index is 9.34. The first-order valence-electron chi connectivity index (χ1n) is 5.02. The molecule has 0 fully saturated rings. The zero-order valence-electron chi connectivity index (χ0n) is 8.49. The van der Waals surface area contributed by atoms with E-state index >= 15 is 0 Å². The first-order valence-corrected chi connectivity index (χ1v) is 5.43. The Morgan fingerprint density at radius 1 is 1.38 bits per heavy atom. The van der Waals surface area contributed by atoms with Crippen LogP contribution in [0, 0.1) is 5.92 Å². The lowest BCUT2D eigenvalue weighted by Gasteiger charge is -2.16. The number of hydrogen-bond donors (Lipinski definition) is 2. The van der Waals surface area contributed by atoms with Gasteiger partial charge in [0.25, 0.3) is 0 Å². The number of unbranched alkanes of at least 4 members (excludes halogenated alkanes) is 1. The molecule has 0 spiro atoms. The van der Waals surface area contributed by atoms with Gasteiger partial charge in [-0.05, 0) is 24.6 Å². The van der Waals surface area contributed by atoms with Gasteiger partial charge in [0.2, 0.25) is 0 Å². The molecule has 0 heterocycles. The Kier molecular flexibility index (Phi) is 7.19. The lowest BCUT2D eigenvalue weighted by Crippen LogP contribution is -2.21. The molecule has 78 valence electrons. The van der Waals surface area contributed by atoms with Gasteiger partial charge in [0.15, 0.2) is 5.05 Å². The minimum Gasteiger partial charge on any atom is -0.500 e. The van der Waals surface area contributed by atoms with Crippen molar-refractivity contribution in [2.75, 3.05) is 0 Å². The van der Waals surface area contributed by atoms with Gasteiger partial charge in [-0.3, -0.25) is 0 Å². The van der Waals surface area contributed by atoms with Gasteiger partial charge in [-0.25, -0.2) is 0 Å². The van der Waals surface area contributed by atoms with Crippen LogP contribution in [0.5, 0.6) is 0 Å². The van der Waals surface area contributed by atoms with Gasteiger partial charge < -0.3 is 10.2 Å². The van der Waals surface area contributed by atoms with E-state index in [9.17, 15) is 5.11 Å². The highest BCUT2D eigenvalue weighted by Crippen LogP contribution is 2.18. The second-order valence-corrected chi connectivity index (χ2v) is 3.92. The smallest absolute Gasteiger partial charge is 0.186 e. The van der Waals surface area contributed by atoms with Crippen LogP contribution in [-0.2, 0) is 0 Å². The van der Waals surface area contributed by atoms with Crippen molar-refractivity contribution in [3.05, 3.63) is 0 Å². The molecule has 0 amide bonds. The Labute approximate surface area is 86.0 Å². The molecule has 0 saturated carbocycles. The lowest BCUT2D eigenvalue weighted by molar-refractivity contribution is 0.181. The van der Waals surface area contributed by atoms with Crippen LogP contribution >= 0.6 is 12.2 Å². The molecule has 0 aliphatic rings. The standard InChI is InChI=1S/C10H20O2S/c1-3-5-6-8(4-2)7-9(11)10(12)13/h8-9,11H,3-7H2,1-2H3,(H,12,13). The van der Waals surface area contributed by atoms with Crippen molar-refractivity contribution in [2.24, 2.45) is 5.92 Å². The maximum atomic E-state index is 9.34. The van der Waals surface area contributed by atoms with Gasteiger partial charge >= 0.3 is 0 Å². The minimum absolute atomic E-state index is 0.269. The van der Waals surface area contributed by atoms with E-state index in [1.807, 2.05) is 0 Å². The molecule has 13 heavy (non-hydrogen) atoms. The van der Waals surface area contributed by atoms with E-state index in [0.29, 0.717) is 12.3 Å². The van der Waals surface area contributed by atoms with Crippen molar-refractivity contribution in [3.8, 4) is 0 Å². The van der Waals surface area contributed by atoms with Crippen molar-refractivity contribution < 1.29 is 10.2 Å². The molecule has 2 N–H and O–H groups in total. The third-order valence-corrected chi connectivity index (χ3v) is 2.66. The summed E-state index contributed by atoms with van der Waals surface area (Å²) in [5, 5.41) is 17.9. The first kappa shape index (κ1) is 12.8. The number of rotatable bonds is 7. The van der Waals surface area contributed by atoms with Gasteiger partial charge in [0.1, 0.15) is 6.10 Å². The van der Waals surface area contributed by atoms with Crippen molar-refractivity contribution in [3.63, 3.8) is 0 Å². The predicted molar refractivity (Wildman–Crippen MR) is 59.2 cm³/mol. The molecule has 0 bridgehead atoms. The second kappa shape index (κ2) is 7.27. The second-order valence-electron chi connectivity index (χ2n) is 3.51. The molecule has 0 aliphatic heterocycles. The summed E-state index contributed by atoms with van der Waals surface area (Å²) in [4.78, 5) is 0. The van der Waals surface area contributed by atoms with E-state index in [0.717, 1.165) is 12.8 Å². The molecular formula is C10H20O2S. The normalized spacial score (nSPS) is 15.3. The monoisotopic (exact) mass is 204 g/mol. The Morgan fingerprint density at radius 2 is 2.00 bits per heavy atom. The molecule has 2 atom stereocenters. The molecule has 0 aromatic carbocycles. The summed E-state index contributed by atoms with van der Waals surface area (Å²) >= 11 is 4.50. The average molecular weight is 204 g/mol. The summed E-state index contributed by atoms with van der Waals surface area (Å²) < 4.78 is 0. The van der Waals surface area contributed by atoms with Crippen LogP contribution in [0.2, 0.25) is 0 Å². The average Bonchev–Trinajstić information content (AvgIpc) is 2.11. The maximum Gasteiger partial charge on any atom is 0.186 e. The zero-order chi connectivity index (χ0) is 10.3. The summed E-state index contributed by atoms with van der Waals surface area (Å²) in [6.07, 6.45) is 4.31. The fraction of sp³-hybridized carbons (Fsp3) is 0.900. The number of aliphatic hydroxyl groups excluding tert-OH is 2. The summed E-state index contributed by atoms with van der Waals surface area (Å²) in [7, 11) is 0. The van der Waals surface area contributed by atoms with Crippen molar-refractivity contribution in [1.82, 2.24) is 0 Å². The van der Waals surface area contributed by atoms with Gasteiger partial charge in [0, 0.05) is 0 Å². The van der Waals surface area contributed by atoms with Crippen LogP contribution in [-0.4, -0.2) is 21.4 Å².